The number of rotatable bonds is 3. The molecule has 0 radical (unpaired) electrons. The number of halogens is 1. The number of hydrogen-bond donors (Lipinski definition) is 1. The molecule has 3 nitrogen and oxygen atoms in total. The van der Waals surface area contributed by atoms with Crippen molar-refractivity contribution in [1.29, 1.82) is 0 Å². The Morgan fingerprint density at radius 2 is 1.74 bits per heavy atom. The zero-order chi connectivity index (χ0) is 14.0. The van der Waals surface area contributed by atoms with E-state index in [1.165, 1.54) is 13.2 Å². The Bertz CT molecular complexity index is 578. The van der Waals surface area contributed by atoms with Gasteiger partial charge in [0.2, 0.25) is 0 Å². The summed E-state index contributed by atoms with van der Waals surface area (Å²) in [5.41, 5.74) is 9.62. The summed E-state index contributed by atoms with van der Waals surface area (Å²) < 4.78 is 18.6. The lowest BCUT2D eigenvalue weighted by molar-refractivity contribution is 0.386. The lowest BCUT2D eigenvalue weighted by atomic mass is 9.99. The van der Waals surface area contributed by atoms with Crippen LogP contribution in [0.3, 0.4) is 0 Å². The number of pyridine rings is 1. The molecular formula is C15H17FN2O. The summed E-state index contributed by atoms with van der Waals surface area (Å²) in [5.74, 6) is -0.184. The Balaban J connectivity index is 2.38. The standard InChI is InChI=1S/C15H17FN2O/c1-9-6-12(7-10(2)18-9)15(17)11-4-5-14(19-3)13(16)8-11/h4-8,15H,17H2,1-3H3. The van der Waals surface area contributed by atoms with Crippen LogP contribution >= 0.6 is 0 Å². The average molecular weight is 260 g/mol. The number of aromatic nitrogens is 1. The molecule has 100 valence electrons. The molecule has 0 bridgehead atoms. The third-order valence-electron chi connectivity index (χ3n) is 3.00. The number of aryl methyl sites for hydroxylation is 2. The second-order valence-electron chi connectivity index (χ2n) is 4.55. The van der Waals surface area contributed by atoms with E-state index in [1.54, 1.807) is 12.1 Å². The highest BCUT2D eigenvalue weighted by Gasteiger charge is 2.13. The number of nitrogens with two attached hydrogens (primary N) is 1. The van der Waals surface area contributed by atoms with Crippen molar-refractivity contribution in [2.45, 2.75) is 19.9 Å². The highest BCUT2D eigenvalue weighted by molar-refractivity contribution is 5.37. The molecule has 0 aliphatic carbocycles. The maximum Gasteiger partial charge on any atom is 0.165 e. The van der Waals surface area contributed by atoms with Gasteiger partial charge in [-0.3, -0.25) is 4.98 Å². The van der Waals surface area contributed by atoms with E-state index in [0.717, 1.165) is 17.0 Å². The monoisotopic (exact) mass is 260 g/mol. The summed E-state index contributed by atoms with van der Waals surface area (Å²) in [4.78, 5) is 4.31. The average Bonchev–Trinajstić information content (AvgIpc) is 2.36. The van der Waals surface area contributed by atoms with Crippen molar-refractivity contribution in [3.8, 4) is 5.75 Å². The predicted molar refractivity (Wildman–Crippen MR) is 72.7 cm³/mol. The van der Waals surface area contributed by atoms with Crippen LogP contribution in [0.25, 0.3) is 0 Å². The van der Waals surface area contributed by atoms with Crippen LogP contribution in [0.5, 0.6) is 5.75 Å². The summed E-state index contributed by atoms with van der Waals surface area (Å²) in [5, 5.41) is 0. The molecule has 4 heteroatoms. The zero-order valence-corrected chi connectivity index (χ0v) is 11.3. The molecule has 2 N–H and O–H groups in total. The Kier molecular flexibility index (Phi) is 3.81. The predicted octanol–water partition coefficient (Wildman–Crippen LogP) is 2.89. The molecule has 1 heterocycles. The first kappa shape index (κ1) is 13.5. The van der Waals surface area contributed by atoms with Gasteiger partial charge in [-0.2, -0.15) is 0 Å². The van der Waals surface area contributed by atoms with Crippen molar-refractivity contribution in [3.05, 3.63) is 58.7 Å². The van der Waals surface area contributed by atoms with Gasteiger partial charge in [0.15, 0.2) is 11.6 Å². The van der Waals surface area contributed by atoms with E-state index < -0.39 is 5.82 Å². The normalized spacial score (nSPS) is 12.3. The molecular weight excluding hydrogens is 243 g/mol. The van der Waals surface area contributed by atoms with Gasteiger partial charge in [0.1, 0.15) is 0 Å². The molecule has 0 aliphatic heterocycles. The summed E-state index contributed by atoms with van der Waals surface area (Å²) in [6.45, 7) is 3.83. The van der Waals surface area contributed by atoms with Crippen molar-refractivity contribution in [1.82, 2.24) is 4.98 Å². The van der Waals surface area contributed by atoms with Crippen LogP contribution in [0.15, 0.2) is 30.3 Å². The van der Waals surface area contributed by atoms with Gasteiger partial charge in [0.25, 0.3) is 0 Å². The molecule has 0 fully saturated rings. The minimum absolute atomic E-state index is 0.220. The Morgan fingerprint density at radius 3 is 2.26 bits per heavy atom. The SMILES string of the molecule is COc1ccc(C(N)c2cc(C)nc(C)c2)cc1F. The van der Waals surface area contributed by atoms with Crippen LogP contribution in [0.4, 0.5) is 4.39 Å². The van der Waals surface area contributed by atoms with Crippen LogP contribution < -0.4 is 10.5 Å². The van der Waals surface area contributed by atoms with Crippen LogP contribution in [-0.2, 0) is 0 Å². The van der Waals surface area contributed by atoms with E-state index in [-0.39, 0.29) is 11.8 Å². The van der Waals surface area contributed by atoms with Crippen LogP contribution in [0, 0.1) is 19.7 Å². The van der Waals surface area contributed by atoms with Crippen molar-refractivity contribution >= 4 is 0 Å². The minimum Gasteiger partial charge on any atom is -0.494 e. The molecule has 2 rings (SSSR count). The van der Waals surface area contributed by atoms with E-state index in [0.29, 0.717) is 5.56 Å². The van der Waals surface area contributed by atoms with Crippen molar-refractivity contribution < 1.29 is 9.13 Å². The lowest BCUT2D eigenvalue weighted by Crippen LogP contribution is -2.13. The Morgan fingerprint density at radius 1 is 1.11 bits per heavy atom. The Hall–Kier alpha value is -1.94. The van der Waals surface area contributed by atoms with Crippen molar-refractivity contribution in [3.63, 3.8) is 0 Å². The van der Waals surface area contributed by atoms with Crippen LogP contribution in [-0.4, -0.2) is 12.1 Å². The third kappa shape index (κ3) is 2.90. The summed E-state index contributed by atoms with van der Waals surface area (Å²) >= 11 is 0. The molecule has 1 unspecified atom stereocenters. The fourth-order valence-electron chi connectivity index (χ4n) is 2.11. The van der Waals surface area contributed by atoms with Gasteiger partial charge in [0.05, 0.1) is 13.2 Å². The number of hydrogen-bond acceptors (Lipinski definition) is 3. The zero-order valence-electron chi connectivity index (χ0n) is 11.3. The second-order valence-corrected chi connectivity index (χ2v) is 4.55. The first-order valence-electron chi connectivity index (χ1n) is 6.05. The maximum atomic E-state index is 13.7. The summed E-state index contributed by atoms with van der Waals surface area (Å²) in [6.07, 6.45) is 0. The molecule has 1 atom stereocenters. The molecule has 0 saturated heterocycles. The topological polar surface area (TPSA) is 48.1 Å². The van der Waals surface area contributed by atoms with E-state index in [4.69, 9.17) is 10.5 Å². The van der Waals surface area contributed by atoms with Crippen LogP contribution in [0.2, 0.25) is 0 Å². The van der Waals surface area contributed by atoms with Gasteiger partial charge in [-0.05, 0) is 49.2 Å². The van der Waals surface area contributed by atoms with Gasteiger partial charge in [-0.15, -0.1) is 0 Å². The van der Waals surface area contributed by atoms with Gasteiger partial charge in [0, 0.05) is 11.4 Å². The van der Waals surface area contributed by atoms with E-state index >= 15 is 0 Å². The summed E-state index contributed by atoms with van der Waals surface area (Å²) in [6, 6.07) is 8.23. The number of methoxy groups -OCH3 is 1. The summed E-state index contributed by atoms with van der Waals surface area (Å²) in [7, 11) is 1.44. The van der Waals surface area contributed by atoms with Crippen LogP contribution in [0.1, 0.15) is 28.6 Å². The molecule has 1 aromatic carbocycles. The fourth-order valence-corrected chi connectivity index (χ4v) is 2.11. The van der Waals surface area contributed by atoms with Gasteiger partial charge in [-0.1, -0.05) is 6.07 Å². The largest absolute Gasteiger partial charge is 0.494 e. The Labute approximate surface area is 112 Å². The molecule has 1 aromatic heterocycles. The number of benzene rings is 1. The fraction of sp³-hybridized carbons (Fsp3) is 0.267. The van der Waals surface area contributed by atoms with E-state index in [1.807, 2.05) is 26.0 Å². The lowest BCUT2D eigenvalue weighted by Gasteiger charge is -2.14. The minimum atomic E-state index is -0.405. The number of nitrogens with zero attached hydrogens (tertiary/aromatic N) is 1. The molecule has 19 heavy (non-hydrogen) atoms. The second kappa shape index (κ2) is 5.36. The van der Waals surface area contributed by atoms with Crippen molar-refractivity contribution in [2.75, 3.05) is 7.11 Å². The first-order valence-corrected chi connectivity index (χ1v) is 6.05. The molecule has 0 aliphatic rings. The van der Waals surface area contributed by atoms with E-state index in [9.17, 15) is 4.39 Å². The molecule has 2 aromatic rings. The molecule has 0 saturated carbocycles. The van der Waals surface area contributed by atoms with Gasteiger partial charge >= 0.3 is 0 Å². The quantitative estimate of drug-likeness (QED) is 0.923. The number of ether oxygens (including phenoxy) is 1. The maximum absolute atomic E-state index is 13.7. The van der Waals surface area contributed by atoms with Gasteiger partial charge < -0.3 is 10.5 Å². The van der Waals surface area contributed by atoms with Crippen molar-refractivity contribution in [2.24, 2.45) is 5.73 Å². The highest BCUT2D eigenvalue weighted by Crippen LogP contribution is 2.25. The molecule has 0 amide bonds. The third-order valence-corrected chi connectivity index (χ3v) is 3.00. The molecule has 0 spiro atoms. The van der Waals surface area contributed by atoms with Gasteiger partial charge in [-0.25, -0.2) is 4.39 Å². The smallest absolute Gasteiger partial charge is 0.165 e. The first-order chi connectivity index (χ1) is 9.01. The van der Waals surface area contributed by atoms with E-state index in [2.05, 4.69) is 4.98 Å². The highest BCUT2D eigenvalue weighted by atomic mass is 19.1.